The summed E-state index contributed by atoms with van der Waals surface area (Å²) in [6.45, 7) is 8.64. The predicted molar refractivity (Wildman–Crippen MR) is 142 cm³/mol. The highest BCUT2D eigenvalue weighted by Crippen LogP contribution is 2.34. The van der Waals surface area contributed by atoms with Crippen molar-refractivity contribution in [2.45, 2.75) is 45.4 Å². The van der Waals surface area contributed by atoms with Crippen molar-refractivity contribution in [3.05, 3.63) is 58.7 Å². The van der Waals surface area contributed by atoms with Gasteiger partial charge < -0.3 is 25.5 Å². The van der Waals surface area contributed by atoms with Crippen molar-refractivity contribution in [2.75, 3.05) is 32.0 Å². The summed E-state index contributed by atoms with van der Waals surface area (Å²) in [6.07, 6.45) is 5.87. The summed E-state index contributed by atoms with van der Waals surface area (Å²) in [6, 6.07) is 5.84. The predicted octanol–water partition coefficient (Wildman–Crippen LogP) is 2.12. The Bertz CT molecular complexity index is 1300. The van der Waals surface area contributed by atoms with Crippen LogP contribution in [0.3, 0.4) is 0 Å². The molecule has 10 nitrogen and oxygen atoms in total. The van der Waals surface area contributed by atoms with Crippen LogP contribution in [-0.4, -0.2) is 76.0 Å². The normalized spacial score (nSPS) is 18.9. The third-order valence-corrected chi connectivity index (χ3v) is 7.40. The third kappa shape index (κ3) is 5.01. The number of carbonyl (C=O) groups is 2. The first-order chi connectivity index (χ1) is 17.8. The molecular weight excluding hydrogens is 470 g/mol. The topological polar surface area (TPSA) is 115 Å². The smallest absolute Gasteiger partial charge is 0.254 e. The van der Waals surface area contributed by atoms with E-state index in [1.807, 2.05) is 44.3 Å². The number of benzene rings is 1. The van der Waals surface area contributed by atoms with Gasteiger partial charge in [0.1, 0.15) is 12.4 Å². The molecule has 0 bridgehead atoms. The Kier molecular flexibility index (Phi) is 6.84. The van der Waals surface area contributed by atoms with Gasteiger partial charge in [0.2, 0.25) is 5.91 Å². The number of nitrogens with zero attached hydrogens (tertiary/aromatic N) is 5. The first kappa shape index (κ1) is 24.8. The van der Waals surface area contributed by atoms with Gasteiger partial charge in [-0.3, -0.25) is 14.3 Å². The second kappa shape index (κ2) is 10.2. The number of aliphatic imine (C=N–C) groups is 1. The van der Waals surface area contributed by atoms with Crippen LogP contribution in [0.15, 0.2) is 46.9 Å². The van der Waals surface area contributed by atoms with E-state index in [0.29, 0.717) is 30.2 Å². The lowest BCUT2D eigenvalue weighted by Gasteiger charge is -2.31. The van der Waals surface area contributed by atoms with E-state index in [2.05, 4.69) is 27.2 Å². The van der Waals surface area contributed by atoms with Crippen molar-refractivity contribution in [3.8, 4) is 11.3 Å². The van der Waals surface area contributed by atoms with Gasteiger partial charge >= 0.3 is 0 Å². The van der Waals surface area contributed by atoms with Gasteiger partial charge in [-0.2, -0.15) is 5.10 Å². The number of anilines is 1. The average Bonchev–Trinajstić information content (AvgIpc) is 3.45. The summed E-state index contributed by atoms with van der Waals surface area (Å²) in [4.78, 5) is 33.2. The van der Waals surface area contributed by atoms with Gasteiger partial charge in [0.15, 0.2) is 0 Å². The molecule has 0 saturated carbocycles. The fourth-order valence-electron chi connectivity index (χ4n) is 5.07. The summed E-state index contributed by atoms with van der Waals surface area (Å²) < 4.78 is 1.77. The number of piperidine rings is 1. The highest BCUT2D eigenvalue weighted by Gasteiger charge is 2.28. The standard InChI is InChI=1S/C27H33N7O3/c1-17(33-12-9-19(35)10-13-33)4-7-24(28-2)30-22-6-5-20(21-15-29-27(37)26(21)22)23-14-18-8-11-32(3)25(36)16-34(18)31-23/h4-7,14,19,30,35H,2,8-13,15-16H2,1,3H3,(H,29,37)/b17-4+,24-7+. The number of likely N-dealkylation sites (N-methyl/N-ethyl adjacent to an activating group) is 1. The molecule has 10 heteroatoms. The molecule has 3 aliphatic heterocycles. The summed E-state index contributed by atoms with van der Waals surface area (Å²) in [5.74, 6) is 0.412. The van der Waals surface area contributed by atoms with Crippen molar-refractivity contribution in [1.82, 2.24) is 24.9 Å². The molecule has 0 radical (unpaired) electrons. The number of hydrogen-bond acceptors (Lipinski definition) is 7. The van der Waals surface area contributed by atoms with Crippen molar-refractivity contribution in [3.63, 3.8) is 0 Å². The number of aliphatic hydroxyl groups excluding tert-OH is 1. The average molecular weight is 504 g/mol. The van der Waals surface area contributed by atoms with E-state index in [1.54, 1.807) is 9.58 Å². The Morgan fingerprint density at radius 3 is 2.78 bits per heavy atom. The number of aliphatic hydroxyl groups is 1. The lowest BCUT2D eigenvalue weighted by Crippen LogP contribution is -2.34. The van der Waals surface area contributed by atoms with Crippen LogP contribution < -0.4 is 10.6 Å². The molecule has 0 unspecified atom stereocenters. The monoisotopic (exact) mass is 503 g/mol. The summed E-state index contributed by atoms with van der Waals surface area (Å²) in [5, 5.41) is 20.7. The van der Waals surface area contributed by atoms with Gasteiger partial charge in [-0.05, 0) is 56.3 Å². The van der Waals surface area contributed by atoms with Gasteiger partial charge in [-0.1, -0.05) is 6.07 Å². The van der Waals surface area contributed by atoms with Crippen molar-refractivity contribution in [1.29, 1.82) is 0 Å². The summed E-state index contributed by atoms with van der Waals surface area (Å²) in [5.41, 5.74) is 5.81. The van der Waals surface area contributed by atoms with Crippen LogP contribution >= 0.6 is 0 Å². The molecule has 2 aromatic rings. The maximum atomic E-state index is 12.8. The van der Waals surface area contributed by atoms with E-state index in [0.717, 1.165) is 60.6 Å². The van der Waals surface area contributed by atoms with Crippen LogP contribution in [0.25, 0.3) is 11.3 Å². The van der Waals surface area contributed by atoms with E-state index in [1.165, 1.54) is 0 Å². The Labute approximate surface area is 216 Å². The first-order valence-corrected chi connectivity index (χ1v) is 12.6. The van der Waals surface area contributed by atoms with Gasteiger partial charge in [0, 0.05) is 56.6 Å². The maximum absolute atomic E-state index is 12.8. The number of aromatic nitrogens is 2. The zero-order chi connectivity index (χ0) is 26.1. The Hall–Kier alpha value is -3.92. The number of fused-ring (bicyclic) bond motifs is 2. The van der Waals surface area contributed by atoms with Gasteiger partial charge in [0.05, 0.1) is 23.0 Å². The highest BCUT2D eigenvalue weighted by molar-refractivity contribution is 6.05. The van der Waals surface area contributed by atoms with Gasteiger partial charge in [-0.15, -0.1) is 0 Å². The molecule has 4 heterocycles. The zero-order valence-corrected chi connectivity index (χ0v) is 21.3. The molecular formula is C27H33N7O3. The molecule has 0 spiro atoms. The molecule has 1 fully saturated rings. The first-order valence-electron chi connectivity index (χ1n) is 12.6. The van der Waals surface area contributed by atoms with Crippen molar-refractivity contribution in [2.24, 2.45) is 4.99 Å². The van der Waals surface area contributed by atoms with Crippen LogP contribution in [0, 0.1) is 0 Å². The lowest BCUT2D eigenvalue weighted by atomic mass is 9.98. The molecule has 3 N–H and O–H groups in total. The summed E-state index contributed by atoms with van der Waals surface area (Å²) >= 11 is 0. The van der Waals surface area contributed by atoms with Gasteiger partial charge in [0.25, 0.3) is 5.91 Å². The molecule has 37 heavy (non-hydrogen) atoms. The van der Waals surface area contributed by atoms with Crippen molar-refractivity contribution >= 4 is 24.2 Å². The molecule has 194 valence electrons. The maximum Gasteiger partial charge on any atom is 0.254 e. The molecule has 1 aromatic carbocycles. The minimum atomic E-state index is -0.218. The van der Waals surface area contributed by atoms with Crippen LogP contribution in [-0.2, 0) is 24.3 Å². The number of rotatable bonds is 6. The van der Waals surface area contributed by atoms with E-state index < -0.39 is 0 Å². The number of nitrogens with one attached hydrogen (secondary N) is 2. The third-order valence-electron chi connectivity index (χ3n) is 7.40. The molecule has 0 atom stereocenters. The quantitative estimate of drug-likeness (QED) is 0.411. The Morgan fingerprint density at radius 2 is 2.03 bits per heavy atom. The van der Waals surface area contributed by atoms with Crippen LogP contribution in [0.5, 0.6) is 0 Å². The number of carbonyl (C=O) groups excluding carboxylic acids is 2. The molecule has 3 aliphatic rings. The Morgan fingerprint density at radius 1 is 1.24 bits per heavy atom. The second-order valence-corrected chi connectivity index (χ2v) is 9.80. The number of amides is 2. The molecule has 5 rings (SSSR count). The second-order valence-electron chi connectivity index (χ2n) is 9.80. The Balaban J connectivity index is 1.40. The minimum Gasteiger partial charge on any atom is -0.393 e. The van der Waals surface area contributed by atoms with E-state index in [-0.39, 0.29) is 24.5 Å². The molecule has 1 saturated heterocycles. The molecule has 2 amide bonds. The molecule has 1 aromatic heterocycles. The largest absolute Gasteiger partial charge is 0.393 e. The zero-order valence-electron chi connectivity index (χ0n) is 21.3. The van der Waals surface area contributed by atoms with Crippen LogP contribution in [0.2, 0.25) is 0 Å². The molecule has 0 aliphatic carbocycles. The van der Waals surface area contributed by atoms with Crippen LogP contribution in [0.4, 0.5) is 5.69 Å². The minimum absolute atomic E-state index is 0.0356. The fraction of sp³-hybridized carbons (Fsp3) is 0.407. The number of likely N-dealkylation sites (tertiary alicyclic amines) is 1. The fourth-order valence-corrected chi connectivity index (χ4v) is 5.07. The lowest BCUT2D eigenvalue weighted by molar-refractivity contribution is -0.130. The van der Waals surface area contributed by atoms with Crippen molar-refractivity contribution < 1.29 is 14.7 Å². The van der Waals surface area contributed by atoms with E-state index in [9.17, 15) is 14.7 Å². The number of allylic oxidation sites excluding steroid dienone is 3. The highest BCUT2D eigenvalue weighted by atomic mass is 16.3. The number of hydrogen-bond donors (Lipinski definition) is 3. The van der Waals surface area contributed by atoms with E-state index >= 15 is 0 Å². The summed E-state index contributed by atoms with van der Waals surface area (Å²) in [7, 11) is 1.81. The van der Waals surface area contributed by atoms with Gasteiger partial charge in [-0.25, -0.2) is 4.99 Å². The SMILES string of the molecule is C=N/C(=C\C=C(/C)N1CCC(O)CC1)Nc1ccc(-c2cc3n(n2)CC(=O)N(C)CC3)c2c1C(=O)NC2. The van der Waals surface area contributed by atoms with E-state index in [4.69, 9.17) is 5.10 Å². The van der Waals surface area contributed by atoms with Crippen LogP contribution in [0.1, 0.15) is 41.4 Å².